The summed E-state index contributed by atoms with van der Waals surface area (Å²) < 4.78 is 0. The first-order chi connectivity index (χ1) is 10.1. The Morgan fingerprint density at radius 2 is 1.86 bits per heavy atom. The van der Waals surface area contributed by atoms with Gasteiger partial charge in [0.15, 0.2) is 0 Å². The van der Waals surface area contributed by atoms with Crippen molar-refractivity contribution in [2.75, 3.05) is 0 Å². The van der Waals surface area contributed by atoms with Gasteiger partial charge in [0.05, 0.1) is 0 Å². The van der Waals surface area contributed by atoms with Gasteiger partial charge < -0.3 is 5.11 Å². The minimum Gasteiger partial charge on any atom is -0.480 e. The monoisotopic (exact) mass is 301 g/mol. The summed E-state index contributed by atoms with van der Waals surface area (Å²) in [6.07, 6.45) is 1.65. The fourth-order valence-electron chi connectivity index (χ4n) is 2.90. The van der Waals surface area contributed by atoms with Crippen molar-refractivity contribution in [2.24, 2.45) is 0 Å². The van der Waals surface area contributed by atoms with E-state index in [-0.39, 0.29) is 6.04 Å². The average Bonchev–Trinajstić information content (AvgIpc) is 2.87. The highest BCUT2D eigenvalue weighted by atomic mass is 35.5. The largest absolute Gasteiger partial charge is 0.480 e. The van der Waals surface area contributed by atoms with Crippen LogP contribution in [-0.4, -0.2) is 17.1 Å². The van der Waals surface area contributed by atoms with Gasteiger partial charge in [0.1, 0.15) is 6.04 Å². The number of aliphatic carboxylic acids is 1. The standard InChI is InChI=1S/C17H16ClNO2/c18-14-7-6-12-9-15(10-13(12)8-14)19-16(17(20)21)11-4-2-1-3-5-11/h1-8,15-16,19H,9-10H2,(H,20,21). The molecule has 3 rings (SSSR count). The Bertz CT molecular complexity index is 657. The van der Waals surface area contributed by atoms with Crippen LogP contribution in [0.1, 0.15) is 22.7 Å². The lowest BCUT2D eigenvalue weighted by Gasteiger charge is -2.19. The van der Waals surface area contributed by atoms with Crippen LogP contribution in [0.2, 0.25) is 5.02 Å². The van der Waals surface area contributed by atoms with Gasteiger partial charge in [-0.05, 0) is 41.7 Å². The molecular formula is C17H16ClNO2. The van der Waals surface area contributed by atoms with E-state index < -0.39 is 12.0 Å². The highest BCUT2D eigenvalue weighted by Gasteiger charge is 2.27. The minimum absolute atomic E-state index is 0.125. The molecular weight excluding hydrogens is 286 g/mol. The van der Waals surface area contributed by atoms with Gasteiger partial charge in [-0.2, -0.15) is 0 Å². The predicted molar refractivity (Wildman–Crippen MR) is 82.6 cm³/mol. The predicted octanol–water partition coefficient (Wildman–Crippen LogP) is 3.22. The third kappa shape index (κ3) is 3.09. The number of fused-ring (bicyclic) bond motifs is 1. The Kier molecular flexibility index (Phi) is 3.95. The molecule has 0 saturated heterocycles. The first-order valence-corrected chi connectivity index (χ1v) is 7.32. The summed E-state index contributed by atoms with van der Waals surface area (Å²) in [5.41, 5.74) is 3.23. The molecule has 4 heteroatoms. The fraction of sp³-hybridized carbons (Fsp3) is 0.235. The number of benzene rings is 2. The maximum Gasteiger partial charge on any atom is 0.325 e. The van der Waals surface area contributed by atoms with Crippen LogP contribution in [0.4, 0.5) is 0 Å². The summed E-state index contributed by atoms with van der Waals surface area (Å²) in [6, 6.07) is 14.6. The molecule has 3 nitrogen and oxygen atoms in total. The van der Waals surface area contributed by atoms with Crippen LogP contribution in [0, 0.1) is 0 Å². The second-order valence-corrected chi connectivity index (χ2v) is 5.80. The van der Waals surface area contributed by atoms with Crippen LogP contribution in [0.3, 0.4) is 0 Å². The first-order valence-electron chi connectivity index (χ1n) is 6.94. The third-order valence-corrected chi connectivity index (χ3v) is 4.12. The van der Waals surface area contributed by atoms with E-state index in [9.17, 15) is 9.90 Å². The number of carboxylic acids is 1. The smallest absolute Gasteiger partial charge is 0.325 e. The van der Waals surface area contributed by atoms with Crippen molar-refractivity contribution in [1.82, 2.24) is 5.32 Å². The second kappa shape index (κ2) is 5.88. The third-order valence-electron chi connectivity index (χ3n) is 3.88. The number of hydrogen-bond acceptors (Lipinski definition) is 2. The maximum absolute atomic E-state index is 11.5. The number of rotatable bonds is 4. The molecule has 0 spiro atoms. The van der Waals surface area contributed by atoms with Crippen LogP contribution in [-0.2, 0) is 17.6 Å². The normalized spacial score (nSPS) is 18.2. The zero-order valence-electron chi connectivity index (χ0n) is 11.4. The summed E-state index contributed by atoms with van der Waals surface area (Å²) >= 11 is 6.01. The summed E-state index contributed by atoms with van der Waals surface area (Å²) in [5.74, 6) is -0.852. The topological polar surface area (TPSA) is 49.3 Å². The summed E-state index contributed by atoms with van der Waals surface area (Å²) in [5, 5.41) is 13.4. The van der Waals surface area contributed by atoms with E-state index in [1.54, 1.807) is 0 Å². The Labute approximate surface area is 128 Å². The van der Waals surface area contributed by atoms with Gasteiger partial charge in [-0.25, -0.2) is 0 Å². The summed E-state index contributed by atoms with van der Waals surface area (Å²) in [6.45, 7) is 0. The van der Waals surface area contributed by atoms with Crippen molar-refractivity contribution < 1.29 is 9.90 Å². The van der Waals surface area contributed by atoms with Crippen LogP contribution in [0.25, 0.3) is 0 Å². The van der Waals surface area contributed by atoms with Crippen molar-refractivity contribution in [3.8, 4) is 0 Å². The maximum atomic E-state index is 11.5. The van der Waals surface area contributed by atoms with Crippen molar-refractivity contribution >= 4 is 17.6 Å². The van der Waals surface area contributed by atoms with Crippen molar-refractivity contribution in [1.29, 1.82) is 0 Å². The Morgan fingerprint density at radius 3 is 2.57 bits per heavy atom. The molecule has 0 saturated carbocycles. The molecule has 21 heavy (non-hydrogen) atoms. The molecule has 2 atom stereocenters. The Balaban J connectivity index is 1.76. The van der Waals surface area contributed by atoms with Gasteiger partial charge in [0, 0.05) is 11.1 Å². The number of halogens is 1. The van der Waals surface area contributed by atoms with E-state index in [0.717, 1.165) is 23.4 Å². The lowest BCUT2D eigenvalue weighted by atomic mass is 10.1. The summed E-state index contributed by atoms with van der Waals surface area (Å²) in [4.78, 5) is 11.5. The summed E-state index contributed by atoms with van der Waals surface area (Å²) in [7, 11) is 0. The van der Waals surface area contributed by atoms with Crippen molar-refractivity contribution in [2.45, 2.75) is 24.9 Å². The Hall–Kier alpha value is -1.84. The van der Waals surface area contributed by atoms with Crippen molar-refractivity contribution in [3.63, 3.8) is 0 Å². The first kappa shape index (κ1) is 14.1. The van der Waals surface area contributed by atoms with E-state index in [1.165, 1.54) is 11.1 Å². The minimum atomic E-state index is -0.852. The van der Waals surface area contributed by atoms with Gasteiger partial charge in [-0.15, -0.1) is 0 Å². The van der Waals surface area contributed by atoms with Crippen LogP contribution in [0.5, 0.6) is 0 Å². The number of carbonyl (C=O) groups is 1. The van der Waals surface area contributed by atoms with E-state index in [4.69, 9.17) is 11.6 Å². The lowest BCUT2D eigenvalue weighted by molar-refractivity contribution is -0.139. The van der Waals surface area contributed by atoms with Gasteiger partial charge in [-0.3, -0.25) is 10.1 Å². The van der Waals surface area contributed by atoms with Crippen LogP contribution >= 0.6 is 11.6 Å². The van der Waals surface area contributed by atoms with E-state index in [2.05, 4.69) is 5.32 Å². The molecule has 2 aromatic rings. The Morgan fingerprint density at radius 1 is 1.14 bits per heavy atom. The van der Waals surface area contributed by atoms with Gasteiger partial charge in [0.2, 0.25) is 0 Å². The molecule has 2 N–H and O–H groups in total. The van der Waals surface area contributed by atoms with E-state index in [0.29, 0.717) is 0 Å². The fourth-order valence-corrected chi connectivity index (χ4v) is 3.09. The molecule has 0 radical (unpaired) electrons. The molecule has 2 unspecified atom stereocenters. The molecule has 0 aliphatic heterocycles. The molecule has 0 heterocycles. The molecule has 0 fully saturated rings. The number of carboxylic acid groups (broad SMARTS) is 1. The highest BCUT2D eigenvalue weighted by molar-refractivity contribution is 6.30. The molecule has 0 bridgehead atoms. The van der Waals surface area contributed by atoms with Gasteiger partial charge >= 0.3 is 5.97 Å². The van der Waals surface area contributed by atoms with E-state index >= 15 is 0 Å². The van der Waals surface area contributed by atoms with Crippen LogP contribution < -0.4 is 5.32 Å². The van der Waals surface area contributed by atoms with E-state index in [1.807, 2.05) is 48.5 Å². The molecule has 1 aliphatic rings. The molecule has 0 aromatic heterocycles. The van der Waals surface area contributed by atoms with Crippen molar-refractivity contribution in [3.05, 3.63) is 70.2 Å². The second-order valence-electron chi connectivity index (χ2n) is 5.37. The van der Waals surface area contributed by atoms with Gasteiger partial charge in [-0.1, -0.05) is 48.0 Å². The lowest BCUT2D eigenvalue weighted by Crippen LogP contribution is -2.37. The highest BCUT2D eigenvalue weighted by Crippen LogP contribution is 2.27. The average molecular weight is 302 g/mol. The molecule has 0 amide bonds. The van der Waals surface area contributed by atoms with Gasteiger partial charge in [0.25, 0.3) is 0 Å². The van der Waals surface area contributed by atoms with Crippen LogP contribution in [0.15, 0.2) is 48.5 Å². The molecule has 2 aromatic carbocycles. The SMILES string of the molecule is O=C(O)C(NC1Cc2ccc(Cl)cc2C1)c1ccccc1. The molecule has 1 aliphatic carbocycles. The number of nitrogens with one attached hydrogen (secondary N) is 1. The zero-order valence-corrected chi connectivity index (χ0v) is 12.2. The molecule has 108 valence electrons. The number of hydrogen-bond donors (Lipinski definition) is 2. The quantitative estimate of drug-likeness (QED) is 0.911. The zero-order chi connectivity index (χ0) is 14.8.